The molecule has 0 unspecified atom stereocenters. The number of benzodiazepines with no additional fused rings is 1. The second-order valence-electron chi connectivity index (χ2n) is 5.31. The average molecular weight is 329 g/mol. The third kappa shape index (κ3) is 3.28. The lowest BCUT2D eigenvalue weighted by atomic mass is 10.00. The number of aliphatic hydroxyl groups is 1. The number of hydrogen-bond donors (Lipinski definition) is 1. The Hall–Kier alpha value is -2.17. The monoisotopic (exact) mass is 328 g/mol. The van der Waals surface area contributed by atoms with E-state index in [1.54, 1.807) is 11.0 Å². The van der Waals surface area contributed by atoms with E-state index in [-0.39, 0.29) is 19.1 Å². The van der Waals surface area contributed by atoms with Gasteiger partial charge in [0.2, 0.25) is 5.91 Å². The summed E-state index contributed by atoms with van der Waals surface area (Å²) in [7, 11) is 0. The Balaban J connectivity index is 2.12. The number of halogens is 1. The number of aliphatic imine (C=N–C) groups is 1. The van der Waals surface area contributed by atoms with Crippen LogP contribution in [0.15, 0.2) is 53.5 Å². The Kier molecular flexibility index (Phi) is 4.74. The first-order chi connectivity index (χ1) is 11.2. The van der Waals surface area contributed by atoms with Crippen LogP contribution < -0.4 is 4.90 Å². The molecule has 0 atom stereocenters. The van der Waals surface area contributed by atoms with Crippen molar-refractivity contribution in [2.24, 2.45) is 4.99 Å². The van der Waals surface area contributed by atoms with Crippen LogP contribution in [0.3, 0.4) is 0 Å². The summed E-state index contributed by atoms with van der Waals surface area (Å²) in [6.07, 6.45) is 0.522. The first kappa shape index (κ1) is 15.7. The van der Waals surface area contributed by atoms with E-state index in [1.807, 2.05) is 42.5 Å². The third-order valence-electron chi connectivity index (χ3n) is 3.77. The molecule has 0 aliphatic carbocycles. The quantitative estimate of drug-likeness (QED) is 0.938. The molecule has 4 nitrogen and oxygen atoms in total. The number of carbonyl (C=O) groups excluding carboxylic acids is 1. The van der Waals surface area contributed by atoms with E-state index in [9.17, 15) is 4.79 Å². The SMILES string of the molecule is O=C1CN=C(c2ccccc2)c2cc(Cl)ccc2N1CCCO. The highest BCUT2D eigenvalue weighted by molar-refractivity contribution is 6.32. The molecule has 2 aromatic carbocycles. The highest BCUT2D eigenvalue weighted by atomic mass is 35.5. The Morgan fingerprint density at radius 1 is 1.17 bits per heavy atom. The van der Waals surface area contributed by atoms with E-state index in [0.29, 0.717) is 18.0 Å². The standard InChI is InChI=1S/C18H17ClN2O2/c19-14-7-8-16-15(11-14)18(13-5-2-1-3-6-13)20-12-17(23)21(16)9-4-10-22/h1-3,5-8,11,22H,4,9-10,12H2. The van der Waals surface area contributed by atoms with Gasteiger partial charge < -0.3 is 10.0 Å². The van der Waals surface area contributed by atoms with Crippen molar-refractivity contribution in [3.05, 3.63) is 64.7 Å². The Morgan fingerprint density at radius 3 is 2.70 bits per heavy atom. The highest BCUT2D eigenvalue weighted by Gasteiger charge is 2.24. The minimum absolute atomic E-state index is 0.0408. The molecule has 0 fully saturated rings. The molecule has 1 heterocycles. The van der Waals surface area contributed by atoms with E-state index in [2.05, 4.69) is 4.99 Å². The van der Waals surface area contributed by atoms with Crippen LogP contribution in [0.5, 0.6) is 0 Å². The van der Waals surface area contributed by atoms with E-state index in [4.69, 9.17) is 16.7 Å². The Morgan fingerprint density at radius 2 is 1.96 bits per heavy atom. The van der Waals surface area contributed by atoms with Crippen LogP contribution in [-0.4, -0.2) is 36.4 Å². The minimum Gasteiger partial charge on any atom is -0.396 e. The predicted octanol–water partition coefficient (Wildman–Crippen LogP) is 2.91. The summed E-state index contributed by atoms with van der Waals surface area (Å²) >= 11 is 6.17. The average Bonchev–Trinajstić information content (AvgIpc) is 2.70. The van der Waals surface area contributed by atoms with Crippen LogP contribution in [0.25, 0.3) is 0 Å². The van der Waals surface area contributed by atoms with Crippen molar-refractivity contribution in [1.82, 2.24) is 0 Å². The molecule has 0 bridgehead atoms. The van der Waals surface area contributed by atoms with Crippen molar-refractivity contribution in [2.75, 3.05) is 24.6 Å². The molecule has 1 aliphatic heterocycles. The zero-order valence-corrected chi connectivity index (χ0v) is 13.3. The van der Waals surface area contributed by atoms with Gasteiger partial charge in [0.15, 0.2) is 0 Å². The summed E-state index contributed by atoms with van der Waals surface area (Å²) in [4.78, 5) is 18.7. The van der Waals surface area contributed by atoms with Crippen LogP contribution in [0.4, 0.5) is 5.69 Å². The second-order valence-corrected chi connectivity index (χ2v) is 5.75. The van der Waals surface area contributed by atoms with Crippen LogP contribution in [-0.2, 0) is 4.79 Å². The number of fused-ring (bicyclic) bond motifs is 1. The number of amides is 1. The maximum atomic E-state index is 12.4. The van der Waals surface area contributed by atoms with Gasteiger partial charge in [-0.2, -0.15) is 0 Å². The summed E-state index contributed by atoms with van der Waals surface area (Å²) < 4.78 is 0. The van der Waals surface area contributed by atoms with Gasteiger partial charge in [0.1, 0.15) is 6.54 Å². The van der Waals surface area contributed by atoms with Crippen molar-refractivity contribution in [1.29, 1.82) is 0 Å². The molecule has 5 heteroatoms. The molecule has 0 saturated carbocycles. The topological polar surface area (TPSA) is 52.9 Å². The van der Waals surface area contributed by atoms with Crippen LogP contribution >= 0.6 is 11.6 Å². The molecule has 0 aromatic heterocycles. The molecule has 3 rings (SSSR count). The van der Waals surface area contributed by atoms with Crippen molar-refractivity contribution < 1.29 is 9.90 Å². The number of carbonyl (C=O) groups is 1. The maximum absolute atomic E-state index is 12.4. The van der Waals surface area contributed by atoms with Gasteiger partial charge in [0.25, 0.3) is 0 Å². The molecule has 0 radical (unpaired) electrons. The number of hydrogen-bond acceptors (Lipinski definition) is 3. The van der Waals surface area contributed by atoms with Gasteiger partial charge in [-0.1, -0.05) is 41.9 Å². The van der Waals surface area contributed by atoms with Crippen molar-refractivity contribution in [2.45, 2.75) is 6.42 Å². The summed E-state index contributed by atoms with van der Waals surface area (Å²) in [5.41, 5.74) is 3.34. The normalized spacial score (nSPS) is 14.3. The molecule has 1 N–H and O–H groups in total. The van der Waals surface area contributed by atoms with E-state index >= 15 is 0 Å². The fraction of sp³-hybridized carbons (Fsp3) is 0.222. The number of aliphatic hydroxyl groups excluding tert-OH is 1. The highest BCUT2D eigenvalue weighted by Crippen LogP contribution is 2.29. The number of benzene rings is 2. The van der Waals surface area contributed by atoms with Crippen LogP contribution in [0.1, 0.15) is 17.5 Å². The fourth-order valence-corrected chi connectivity index (χ4v) is 2.87. The minimum atomic E-state index is -0.0760. The summed E-state index contributed by atoms with van der Waals surface area (Å²) in [5.74, 6) is -0.0760. The van der Waals surface area contributed by atoms with E-state index in [1.165, 1.54) is 0 Å². The molecular formula is C18H17ClN2O2. The van der Waals surface area contributed by atoms with Gasteiger partial charge in [-0.3, -0.25) is 9.79 Å². The van der Waals surface area contributed by atoms with Gasteiger partial charge in [-0.15, -0.1) is 0 Å². The zero-order valence-electron chi connectivity index (χ0n) is 12.6. The molecule has 23 heavy (non-hydrogen) atoms. The largest absolute Gasteiger partial charge is 0.396 e. The van der Waals surface area contributed by atoms with E-state index < -0.39 is 0 Å². The molecule has 1 amide bonds. The number of nitrogens with zero attached hydrogens (tertiary/aromatic N) is 2. The smallest absolute Gasteiger partial charge is 0.248 e. The predicted molar refractivity (Wildman–Crippen MR) is 92.5 cm³/mol. The summed E-state index contributed by atoms with van der Waals surface area (Å²) in [6, 6.07) is 15.2. The van der Waals surface area contributed by atoms with Gasteiger partial charge >= 0.3 is 0 Å². The van der Waals surface area contributed by atoms with Gasteiger partial charge in [0.05, 0.1) is 11.4 Å². The third-order valence-corrected chi connectivity index (χ3v) is 4.00. The molecular weight excluding hydrogens is 312 g/mol. The van der Waals surface area contributed by atoms with Gasteiger partial charge in [-0.05, 0) is 24.6 Å². The lowest BCUT2D eigenvalue weighted by Gasteiger charge is -2.23. The van der Waals surface area contributed by atoms with Crippen LogP contribution in [0.2, 0.25) is 5.02 Å². The van der Waals surface area contributed by atoms with Crippen molar-refractivity contribution in [3.8, 4) is 0 Å². The number of rotatable bonds is 4. The summed E-state index contributed by atoms with van der Waals surface area (Å²) in [5, 5.41) is 9.69. The lowest BCUT2D eigenvalue weighted by molar-refractivity contribution is -0.117. The van der Waals surface area contributed by atoms with Gasteiger partial charge in [-0.25, -0.2) is 0 Å². The van der Waals surface area contributed by atoms with Crippen LogP contribution in [0, 0.1) is 0 Å². The molecule has 1 aliphatic rings. The zero-order chi connectivity index (χ0) is 16.2. The first-order valence-electron chi connectivity index (χ1n) is 7.51. The number of anilines is 1. The Labute approximate surface area is 140 Å². The van der Waals surface area contributed by atoms with Crippen molar-refractivity contribution in [3.63, 3.8) is 0 Å². The van der Waals surface area contributed by atoms with E-state index in [0.717, 1.165) is 22.5 Å². The summed E-state index contributed by atoms with van der Waals surface area (Å²) in [6.45, 7) is 0.586. The lowest BCUT2D eigenvalue weighted by Crippen LogP contribution is -2.33. The van der Waals surface area contributed by atoms with Gasteiger partial charge in [0, 0.05) is 29.3 Å². The van der Waals surface area contributed by atoms with Crippen molar-refractivity contribution >= 4 is 28.9 Å². The molecule has 2 aromatic rings. The Bertz CT molecular complexity index is 744. The second kappa shape index (κ2) is 6.94. The first-order valence-corrected chi connectivity index (χ1v) is 7.89. The molecule has 118 valence electrons. The molecule has 0 spiro atoms. The molecule has 0 saturated heterocycles. The fourth-order valence-electron chi connectivity index (χ4n) is 2.70. The maximum Gasteiger partial charge on any atom is 0.248 e.